The van der Waals surface area contributed by atoms with E-state index in [4.69, 9.17) is 15.9 Å². The Hall–Kier alpha value is -2.73. The molecule has 7 N–H and O–H groups in total. The number of carbonyl (C=O) groups excluding carboxylic acids is 3. The van der Waals surface area contributed by atoms with Gasteiger partial charge in [0.05, 0.1) is 25.1 Å². The molecule has 4 atom stereocenters. The Morgan fingerprint density at radius 1 is 1.22 bits per heavy atom. The number of carboxylic acids is 2. The number of nitrogens with two attached hydrogens (primary N) is 1. The molecule has 0 aromatic carbocycles. The van der Waals surface area contributed by atoms with Gasteiger partial charge in [-0.2, -0.15) is 0 Å². The minimum absolute atomic E-state index is 0.236. The lowest BCUT2D eigenvalue weighted by Gasteiger charge is -2.26. The molecule has 1 fully saturated rings. The van der Waals surface area contributed by atoms with Crippen LogP contribution in [0.3, 0.4) is 0 Å². The SMILES string of the molecule is C[C@@H](O)[C@H](NC(=O)[C@@H]1CCCN1C(=O)CNC(=O)[C@@H](N)CC(=O)O)C(=O)O. The number of aliphatic hydroxyl groups is 1. The highest BCUT2D eigenvalue weighted by Gasteiger charge is 2.36. The number of aliphatic hydroxyl groups excluding tert-OH is 1. The van der Waals surface area contributed by atoms with Crippen molar-refractivity contribution in [2.45, 2.75) is 50.4 Å². The Labute approximate surface area is 154 Å². The zero-order valence-corrected chi connectivity index (χ0v) is 14.8. The fraction of sp³-hybridized carbons (Fsp3) is 0.667. The molecule has 0 aliphatic carbocycles. The van der Waals surface area contributed by atoms with Gasteiger partial charge in [0.2, 0.25) is 17.7 Å². The molecule has 1 saturated heterocycles. The number of hydrogen-bond acceptors (Lipinski definition) is 7. The third kappa shape index (κ3) is 6.49. The first-order chi connectivity index (χ1) is 12.5. The van der Waals surface area contributed by atoms with E-state index in [2.05, 4.69) is 10.6 Å². The van der Waals surface area contributed by atoms with Crippen molar-refractivity contribution >= 4 is 29.7 Å². The van der Waals surface area contributed by atoms with Crippen LogP contribution in [0.4, 0.5) is 0 Å². The summed E-state index contributed by atoms with van der Waals surface area (Å²) in [4.78, 5) is 59.0. The van der Waals surface area contributed by atoms with Crippen molar-refractivity contribution in [3.8, 4) is 0 Å². The van der Waals surface area contributed by atoms with Gasteiger partial charge in [-0.15, -0.1) is 0 Å². The van der Waals surface area contributed by atoms with Crippen LogP contribution in [0, 0.1) is 0 Å². The van der Waals surface area contributed by atoms with E-state index in [9.17, 15) is 29.1 Å². The van der Waals surface area contributed by atoms with Gasteiger partial charge in [-0.25, -0.2) is 4.79 Å². The predicted molar refractivity (Wildman–Crippen MR) is 89.2 cm³/mol. The van der Waals surface area contributed by atoms with Crippen LogP contribution < -0.4 is 16.4 Å². The summed E-state index contributed by atoms with van der Waals surface area (Å²) in [6.07, 6.45) is -1.11. The van der Waals surface area contributed by atoms with Gasteiger partial charge in [0.15, 0.2) is 6.04 Å². The van der Waals surface area contributed by atoms with Crippen LogP contribution in [0.25, 0.3) is 0 Å². The highest BCUT2D eigenvalue weighted by Crippen LogP contribution is 2.17. The molecule has 0 saturated carbocycles. The molecule has 0 bridgehead atoms. The second-order valence-corrected chi connectivity index (χ2v) is 6.23. The summed E-state index contributed by atoms with van der Waals surface area (Å²) in [6, 6.07) is -3.75. The lowest BCUT2D eigenvalue weighted by atomic mass is 10.1. The van der Waals surface area contributed by atoms with Crippen molar-refractivity contribution in [2.75, 3.05) is 13.1 Å². The molecule has 0 spiro atoms. The molecular formula is C15H24N4O8. The number of amides is 3. The van der Waals surface area contributed by atoms with E-state index in [1.54, 1.807) is 0 Å². The summed E-state index contributed by atoms with van der Waals surface area (Å²) in [5, 5.41) is 31.4. The summed E-state index contributed by atoms with van der Waals surface area (Å²) >= 11 is 0. The molecule has 1 rings (SSSR count). The number of nitrogens with one attached hydrogen (secondary N) is 2. The van der Waals surface area contributed by atoms with Gasteiger partial charge in [0.25, 0.3) is 0 Å². The van der Waals surface area contributed by atoms with Crippen molar-refractivity contribution in [1.29, 1.82) is 0 Å². The Morgan fingerprint density at radius 2 is 1.85 bits per heavy atom. The Bertz CT molecular complexity index is 609. The van der Waals surface area contributed by atoms with Crippen LogP contribution in [0.1, 0.15) is 26.2 Å². The zero-order valence-electron chi connectivity index (χ0n) is 14.8. The van der Waals surface area contributed by atoms with Crippen LogP contribution in [-0.4, -0.2) is 87.2 Å². The highest BCUT2D eigenvalue weighted by atomic mass is 16.4. The molecule has 0 aromatic heterocycles. The van der Waals surface area contributed by atoms with Gasteiger partial charge >= 0.3 is 11.9 Å². The van der Waals surface area contributed by atoms with Crippen LogP contribution >= 0.6 is 0 Å². The average Bonchev–Trinajstić information content (AvgIpc) is 3.05. The molecule has 0 aromatic rings. The maximum Gasteiger partial charge on any atom is 0.328 e. The number of likely N-dealkylation sites (tertiary alicyclic amines) is 1. The standard InChI is InChI=1S/C15H24N4O8/c1-7(20)12(15(26)27)18-14(25)9-3-2-4-19(9)10(21)6-17-13(24)8(16)5-11(22)23/h7-9,12,20H,2-6,16H2,1H3,(H,17,24)(H,18,25)(H,22,23)(H,26,27)/t7-,8+,9+,12+/m1/s1. The van der Waals surface area contributed by atoms with Gasteiger partial charge in [-0.3, -0.25) is 19.2 Å². The molecule has 152 valence electrons. The van der Waals surface area contributed by atoms with Crippen molar-refractivity contribution in [3.63, 3.8) is 0 Å². The number of hydrogen-bond donors (Lipinski definition) is 6. The first kappa shape index (κ1) is 22.3. The lowest BCUT2D eigenvalue weighted by Crippen LogP contribution is -2.55. The van der Waals surface area contributed by atoms with E-state index in [0.29, 0.717) is 12.8 Å². The van der Waals surface area contributed by atoms with E-state index in [1.807, 2.05) is 0 Å². The smallest absolute Gasteiger partial charge is 0.328 e. The van der Waals surface area contributed by atoms with Crippen LogP contribution in [0.2, 0.25) is 0 Å². The maximum absolute atomic E-state index is 12.3. The summed E-state index contributed by atoms with van der Waals surface area (Å²) < 4.78 is 0. The minimum Gasteiger partial charge on any atom is -0.481 e. The first-order valence-electron chi connectivity index (χ1n) is 8.30. The van der Waals surface area contributed by atoms with Crippen LogP contribution in [0.15, 0.2) is 0 Å². The van der Waals surface area contributed by atoms with Crippen molar-refractivity contribution in [1.82, 2.24) is 15.5 Å². The third-order valence-corrected chi connectivity index (χ3v) is 4.07. The second kappa shape index (κ2) is 9.83. The molecule has 1 aliphatic rings. The van der Waals surface area contributed by atoms with Crippen LogP contribution in [0.5, 0.6) is 0 Å². The third-order valence-electron chi connectivity index (χ3n) is 4.07. The predicted octanol–water partition coefficient (Wildman–Crippen LogP) is -3.15. The molecule has 27 heavy (non-hydrogen) atoms. The van der Waals surface area contributed by atoms with E-state index in [0.717, 1.165) is 0 Å². The summed E-state index contributed by atoms with van der Waals surface area (Å²) in [7, 11) is 0. The summed E-state index contributed by atoms with van der Waals surface area (Å²) in [5.74, 6) is -4.79. The molecule has 0 radical (unpaired) electrons. The largest absolute Gasteiger partial charge is 0.481 e. The normalized spacial score (nSPS) is 19.7. The summed E-state index contributed by atoms with van der Waals surface area (Å²) in [5.41, 5.74) is 5.38. The van der Waals surface area contributed by atoms with Gasteiger partial charge in [-0.05, 0) is 19.8 Å². The van der Waals surface area contributed by atoms with Crippen LogP contribution in [-0.2, 0) is 24.0 Å². The molecule has 3 amide bonds. The minimum atomic E-state index is -1.51. The topological polar surface area (TPSA) is 199 Å². The monoisotopic (exact) mass is 388 g/mol. The number of rotatable bonds is 9. The fourth-order valence-corrected chi connectivity index (χ4v) is 2.65. The Balaban J connectivity index is 2.64. The Morgan fingerprint density at radius 3 is 2.37 bits per heavy atom. The Kier molecular flexibility index (Phi) is 8.12. The van der Waals surface area contributed by atoms with E-state index >= 15 is 0 Å². The average molecular weight is 388 g/mol. The van der Waals surface area contributed by atoms with Crippen molar-refractivity contribution in [2.24, 2.45) is 5.73 Å². The van der Waals surface area contributed by atoms with Gasteiger partial charge in [-0.1, -0.05) is 0 Å². The van der Waals surface area contributed by atoms with E-state index in [-0.39, 0.29) is 6.54 Å². The number of carbonyl (C=O) groups is 5. The molecule has 0 unspecified atom stereocenters. The van der Waals surface area contributed by atoms with Crippen molar-refractivity contribution in [3.05, 3.63) is 0 Å². The quantitative estimate of drug-likeness (QED) is 0.236. The van der Waals surface area contributed by atoms with Gasteiger partial charge < -0.3 is 36.6 Å². The lowest BCUT2D eigenvalue weighted by molar-refractivity contribution is -0.146. The molecule has 1 heterocycles. The fourth-order valence-electron chi connectivity index (χ4n) is 2.65. The zero-order chi connectivity index (χ0) is 20.7. The van der Waals surface area contributed by atoms with Gasteiger partial charge in [0, 0.05) is 6.54 Å². The molecule has 12 nitrogen and oxygen atoms in total. The number of aliphatic carboxylic acids is 2. The summed E-state index contributed by atoms with van der Waals surface area (Å²) in [6.45, 7) is 0.974. The number of carboxylic acid groups (broad SMARTS) is 2. The second-order valence-electron chi connectivity index (χ2n) is 6.23. The van der Waals surface area contributed by atoms with Crippen molar-refractivity contribution < 1.29 is 39.3 Å². The molecular weight excluding hydrogens is 364 g/mol. The highest BCUT2D eigenvalue weighted by molar-refractivity contribution is 5.93. The van der Waals surface area contributed by atoms with E-state index < -0.39 is 66.9 Å². The van der Waals surface area contributed by atoms with E-state index in [1.165, 1.54) is 11.8 Å². The maximum atomic E-state index is 12.3. The molecule has 12 heteroatoms. The number of nitrogens with zero attached hydrogens (tertiary/aromatic N) is 1. The first-order valence-corrected chi connectivity index (χ1v) is 8.30. The van der Waals surface area contributed by atoms with Gasteiger partial charge in [0.1, 0.15) is 6.04 Å². The molecule has 1 aliphatic heterocycles.